The van der Waals surface area contributed by atoms with Crippen LogP contribution in [0.5, 0.6) is 0 Å². The van der Waals surface area contributed by atoms with Crippen molar-refractivity contribution in [1.82, 2.24) is 19.4 Å². The summed E-state index contributed by atoms with van der Waals surface area (Å²) in [4.78, 5) is 27.1. The van der Waals surface area contributed by atoms with Gasteiger partial charge in [0, 0.05) is 61.2 Å². The average molecular weight is 475 g/mol. The van der Waals surface area contributed by atoms with Crippen LogP contribution in [0.25, 0.3) is 11.0 Å². The van der Waals surface area contributed by atoms with E-state index in [4.69, 9.17) is 4.98 Å². The van der Waals surface area contributed by atoms with Crippen LogP contribution < -0.4 is 15.8 Å². The molecule has 2 aromatic heterocycles. The Hall–Kier alpha value is -2.93. The Morgan fingerprint density at radius 1 is 0.914 bits per heavy atom. The standard InChI is InChI=1S/C28H38N6O/c1-28(2,3)21-6-10-24(11-7-21)34-25(35)14-5-20-19-29-27(31-26(20)34)30-22-8-12-23(13-9-22)33-17-15-32(4)16-18-33/h5,8-9,12-14,19,21,24H,6-7,10-11,15-18H2,1-4H3,(H,29,30,31). The number of nitrogens with zero attached hydrogens (tertiary/aromatic N) is 5. The van der Waals surface area contributed by atoms with Crippen LogP contribution in [0, 0.1) is 11.3 Å². The first-order valence-electron chi connectivity index (χ1n) is 13.0. The molecule has 2 fully saturated rings. The highest BCUT2D eigenvalue weighted by molar-refractivity contribution is 5.76. The predicted molar refractivity (Wildman–Crippen MR) is 144 cm³/mol. The van der Waals surface area contributed by atoms with Crippen LogP contribution in [0.3, 0.4) is 0 Å². The molecule has 1 saturated heterocycles. The van der Waals surface area contributed by atoms with Crippen molar-refractivity contribution in [2.45, 2.75) is 52.5 Å². The smallest absolute Gasteiger partial charge is 0.252 e. The number of benzene rings is 1. The number of pyridine rings is 1. The zero-order chi connectivity index (χ0) is 24.6. The molecule has 0 unspecified atom stereocenters. The fourth-order valence-electron chi connectivity index (χ4n) is 5.60. The molecule has 1 aliphatic carbocycles. The first kappa shape index (κ1) is 23.8. The van der Waals surface area contributed by atoms with Crippen LogP contribution in [0.1, 0.15) is 52.5 Å². The summed E-state index contributed by atoms with van der Waals surface area (Å²) >= 11 is 0. The second-order valence-corrected chi connectivity index (χ2v) is 11.3. The van der Waals surface area contributed by atoms with Crippen LogP contribution in [0.2, 0.25) is 0 Å². The van der Waals surface area contributed by atoms with Gasteiger partial charge in [-0.1, -0.05) is 20.8 Å². The summed E-state index contributed by atoms with van der Waals surface area (Å²) in [7, 11) is 2.17. The Kier molecular flexibility index (Phi) is 6.53. The Morgan fingerprint density at radius 2 is 1.60 bits per heavy atom. The summed E-state index contributed by atoms with van der Waals surface area (Å²) in [6.07, 6.45) is 6.14. The molecule has 1 aliphatic heterocycles. The first-order valence-corrected chi connectivity index (χ1v) is 13.0. The van der Waals surface area contributed by atoms with Crippen molar-refractivity contribution in [3.05, 3.63) is 52.9 Å². The van der Waals surface area contributed by atoms with Crippen molar-refractivity contribution < 1.29 is 0 Å². The molecule has 1 saturated carbocycles. The van der Waals surface area contributed by atoms with E-state index in [0.717, 1.165) is 68.6 Å². The van der Waals surface area contributed by atoms with E-state index in [0.29, 0.717) is 17.3 Å². The van der Waals surface area contributed by atoms with Gasteiger partial charge in [0.05, 0.1) is 0 Å². The van der Waals surface area contributed by atoms with Gasteiger partial charge in [-0.05, 0) is 74.4 Å². The van der Waals surface area contributed by atoms with Gasteiger partial charge in [-0.2, -0.15) is 4.98 Å². The maximum Gasteiger partial charge on any atom is 0.252 e. The van der Waals surface area contributed by atoms with Crippen LogP contribution >= 0.6 is 0 Å². The van der Waals surface area contributed by atoms with E-state index in [1.807, 2.05) is 16.8 Å². The quantitative estimate of drug-likeness (QED) is 0.570. The van der Waals surface area contributed by atoms with Gasteiger partial charge in [-0.3, -0.25) is 9.36 Å². The summed E-state index contributed by atoms with van der Waals surface area (Å²) in [5, 5.41) is 4.25. The highest BCUT2D eigenvalue weighted by Crippen LogP contribution is 2.41. The van der Waals surface area contributed by atoms with Crippen LogP contribution in [0.15, 0.2) is 47.4 Å². The second kappa shape index (κ2) is 9.61. The van der Waals surface area contributed by atoms with E-state index in [9.17, 15) is 4.79 Å². The molecule has 3 heterocycles. The second-order valence-electron chi connectivity index (χ2n) is 11.3. The van der Waals surface area contributed by atoms with Crippen molar-refractivity contribution in [3.8, 4) is 0 Å². The number of hydrogen-bond donors (Lipinski definition) is 1. The number of anilines is 3. The minimum atomic E-state index is 0.0258. The van der Waals surface area contributed by atoms with Crippen molar-refractivity contribution in [2.24, 2.45) is 11.3 Å². The summed E-state index contributed by atoms with van der Waals surface area (Å²) in [6, 6.07) is 12.1. The van der Waals surface area contributed by atoms with Crippen LogP contribution in [0.4, 0.5) is 17.3 Å². The molecule has 0 spiro atoms. The van der Waals surface area contributed by atoms with Crippen LogP contribution in [-0.2, 0) is 0 Å². The SMILES string of the molecule is CN1CCN(c2ccc(Nc3ncc4ccc(=O)n(C5CCC(C(C)(C)C)CC5)c4n3)cc2)CC1. The first-order chi connectivity index (χ1) is 16.8. The minimum absolute atomic E-state index is 0.0258. The zero-order valence-corrected chi connectivity index (χ0v) is 21.5. The topological polar surface area (TPSA) is 66.3 Å². The van der Waals surface area contributed by atoms with E-state index in [1.54, 1.807) is 6.07 Å². The predicted octanol–water partition coefficient (Wildman–Crippen LogP) is 5.06. The van der Waals surface area contributed by atoms with Gasteiger partial charge in [-0.15, -0.1) is 0 Å². The normalized spacial score (nSPS) is 21.9. The molecule has 5 rings (SSSR count). The molecule has 1 aromatic carbocycles. The largest absolute Gasteiger partial charge is 0.369 e. The maximum absolute atomic E-state index is 13.0. The zero-order valence-electron chi connectivity index (χ0n) is 21.5. The van der Waals surface area contributed by atoms with Gasteiger partial charge in [0.25, 0.3) is 5.56 Å². The molecule has 7 heteroatoms. The fraction of sp³-hybridized carbons (Fsp3) is 0.536. The van der Waals surface area contributed by atoms with Crippen molar-refractivity contribution in [1.29, 1.82) is 0 Å². The Labute approximate surface area is 208 Å². The third-order valence-electron chi connectivity index (χ3n) is 7.95. The lowest BCUT2D eigenvalue weighted by Gasteiger charge is -2.37. The molecular weight excluding hydrogens is 436 g/mol. The lowest BCUT2D eigenvalue weighted by atomic mass is 9.71. The molecule has 7 nitrogen and oxygen atoms in total. The summed E-state index contributed by atoms with van der Waals surface area (Å²) < 4.78 is 1.91. The van der Waals surface area contributed by atoms with E-state index in [2.05, 4.69) is 72.2 Å². The summed E-state index contributed by atoms with van der Waals surface area (Å²) in [6.45, 7) is 11.2. The van der Waals surface area contributed by atoms with Gasteiger partial charge < -0.3 is 15.1 Å². The molecule has 186 valence electrons. The molecule has 0 amide bonds. The molecule has 0 atom stereocenters. The number of fused-ring (bicyclic) bond motifs is 1. The minimum Gasteiger partial charge on any atom is -0.369 e. The molecule has 0 bridgehead atoms. The Bertz CT molecular complexity index is 1210. The van der Waals surface area contributed by atoms with Gasteiger partial charge in [-0.25, -0.2) is 4.98 Å². The monoisotopic (exact) mass is 474 g/mol. The summed E-state index contributed by atoms with van der Waals surface area (Å²) in [5.74, 6) is 1.22. The van der Waals surface area contributed by atoms with E-state index < -0.39 is 0 Å². The lowest BCUT2D eigenvalue weighted by Crippen LogP contribution is -2.44. The number of rotatable bonds is 4. The molecule has 1 N–H and O–H groups in total. The molecular formula is C28H38N6O. The number of aromatic nitrogens is 3. The van der Waals surface area contributed by atoms with Gasteiger partial charge in [0.1, 0.15) is 5.65 Å². The van der Waals surface area contributed by atoms with Crippen molar-refractivity contribution >= 4 is 28.4 Å². The van der Waals surface area contributed by atoms with Crippen LogP contribution in [-0.4, -0.2) is 52.7 Å². The Morgan fingerprint density at radius 3 is 2.26 bits per heavy atom. The number of nitrogens with one attached hydrogen (secondary N) is 1. The van der Waals surface area contributed by atoms with Gasteiger partial charge in [0.15, 0.2) is 0 Å². The molecule has 0 radical (unpaired) electrons. The fourth-order valence-corrected chi connectivity index (χ4v) is 5.60. The highest BCUT2D eigenvalue weighted by atomic mass is 16.1. The van der Waals surface area contributed by atoms with Crippen molar-refractivity contribution in [2.75, 3.05) is 43.4 Å². The van der Waals surface area contributed by atoms with E-state index >= 15 is 0 Å². The molecule has 2 aliphatic rings. The van der Waals surface area contributed by atoms with E-state index in [1.165, 1.54) is 5.69 Å². The number of likely N-dealkylation sites (N-methyl/N-ethyl adjacent to an activating group) is 1. The lowest BCUT2D eigenvalue weighted by molar-refractivity contribution is 0.152. The van der Waals surface area contributed by atoms with E-state index in [-0.39, 0.29) is 11.6 Å². The third kappa shape index (κ3) is 5.20. The molecule has 3 aromatic rings. The maximum atomic E-state index is 13.0. The van der Waals surface area contributed by atoms with Gasteiger partial charge in [0.2, 0.25) is 5.95 Å². The van der Waals surface area contributed by atoms with Crippen molar-refractivity contribution in [3.63, 3.8) is 0 Å². The number of hydrogen-bond acceptors (Lipinski definition) is 6. The molecule has 35 heavy (non-hydrogen) atoms. The number of piperazine rings is 1. The van der Waals surface area contributed by atoms with Gasteiger partial charge >= 0.3 is 0 Å². The average Bonchev–Trinajstić information content (AvgIpc) is 2.84. The summed E-state index contributed by atoms with van der Waals surface area (Å²) in [5.41, 5.74) is 3.25. The third-order valence-corrected chi connectivity index (χ3v) is 7.95. The Balaban J connectivity index is 1.35. The highest BCUT2D eigenvalue weighted by Gasteiger charge is 2.31.